The smallest absolute Gasteiger partial charge is 0.343 e. The van der Waals surface area contributed by atoms with Crippen molar-refractivity contribution in [3.8, 4) is 11.5 Å². The van der Waals surface area contributed by atoms with E-state index < -0.39 is 11.8 Å². The highest BCUT2D eigenvalue weighted by Crippen LogP contribution is 2.34. The standard InChI is InChI=1S/C15H18BrNO5/c1-17(2)8-10(15(19)22-5)14(18)9-6-11(16)13(21-4)7-12(9)20-3/h6-8H,1-5H3/b10-8+. The van der Waals surface area contributed by atoms with E-state index in [9.17, 15) is 9.59 Å². The first-order valence-electron chi connectivity index (χ1n) is 6.28. The average molecular weight is 372 g/mol. The number of hydrogen-bond donors (Lipinski definition) is 0. The molecule has 0 spiro atoms. The molecule has 0 N–H and O–H groups in total. The zero-order chi connectivity index (χ0) is 16.9. The molecule has 0 aliphatic heterocycles. The number of benzene rings is 1. The summed E-state index contributed by atoms with van der Waals surface area (Å²) in [6.45, 7) is 0. The van der Waals surface area contributed by atoms with Gasteiger partial charge in [0.1, 0.15) is 17.1 Å². The molecule has 0 unspecified atom stereocenters. The Morgan fingerprint density at radius 2 is 1.68 bits per heavy atom. The second-order valence-electron chi connectivity index (χ2n) is 4.51. The molecule has 0 fully saturated rings. The summed E-state index contributed by atoms with van der Waals surface area (Å²) in [7, 11) is 7.58. The third-order valence-electron chi connectivity index (χ3n) is 2.76. The van der Waals surface area contributed by atoms with Gasteiger partial charge in [-0.05, 0) is 22.0 Å². The largest absolute Gasteiger partial charge is 0.496 e. The van der Waals surface area contributed by atoms with Gasteiger partial charge in [0.25, 0.3) is 0 Å². The van der Waals surface area contributed by atoms with Crippen LogP contribution in [0, 0.1) is 0 Å². The third kappa shape index (κ3) is 4.00. The van der Waals surface area contributed by atoms with E-state index in [1.807, 2.05) is 0 Å². The number of Topliss-reactive ketones (excluding diaryl/α,β-unsaturated/α-hetero) is 1. The summed E-state index contributed by atoms with van der Waals surface area (Å²) in [6, 6.07) is 3.12. The molecule has 22 heavy (non-hydrogen) atoms. The van der Waals surface area contributed by atoms with Gasteiger partial charge in [0.15, 0.2) is 0 Å². The molecule has 0 aliphatic carbocycles. The molecule has 6 nitrogen and oxygen atoms in total. The normalized spacial score (nSPS) is 10.9. The highest BCUT2D eigenvalue weighted by molar-refractivity contribution is 9.10. The predicted octanol–water partition coefficient (Wildman–Crippen LogP) is 2.27. The van der Waals surface area contributed by atoms with Gasteiger partial charge in [-0.25, -0.2) is 4.79 Å². The average Bonchev–Trinajstić information content (AvgIpc) is 2.50. The van der Waals surface area contributed by atoms with Crippen LogP contribution in [0.5, 0.6) is 11.5 Å². The number of halogens is 1. The number of ketones is 1. The monoisotopic (exact) mass is 371 g/mol. The number of hydrogen-bond acceptors (Lipinski definition) is 6. The Morgan fingerprint density at radius 1 is 1.09 bits per heavy atom. The Hall–Kier alpha value is -2.02. The fourth-order valence-corrected chi connectivity index (χ4v) is 2.26. The molecule has 0 aliphatic rings. The van der Waals surface area contributed by atoms with Crippen LogP contribution in [0.25, 0.3) is 0 Å². The minimum Gasteiger partial charge on any atom is -0.496 e. The fraction of sp³-hybridized carbons (Fsp3) is 0.333. The van der Waals surface area contributed by atoms with Gasteiger partial charge in [-0.2, -0.15) is 0 Å². The van der Waals surface area contributed by atoms with Crippen LogP contribution in [0.15, 0.2) is 28.4 Å². The van der Waals surface area contributed by atoms with Crippen LogP contribution >= 0.6 is 15.9 Å². The summed E-state index contributed by atoms with van der Waals surface area (Å²) >= 11 is 3.31. The molecule has 0 aromatic heterocycles. The minimum absolute atomic E-state index is 0.0946. The van der Waals surface area contributed by atoms with Crippen LogP contribution in [0.1, 0.15) is 10.4 Å². The lowest BCUT2D eigenvalue weighted by atomic mass is 10.0. The Morgan fingerprint density at radius 3 is 2.14 bits per heavy atom. The van der Waals surface area contributed by atoms with E-state index in [2.05, 4.69) is 20.7 Å². The molecule has 0 bridgehead atoms. The highest BCUT2D eigenvalue weighted by atomic mass is 79.9. The lowest BCUT2D eigenvalue weighted by Crippen LogP contribution is -2.19. The van der Waals surface area contributed by atoms with E-state index in [4.69, 9.17) is 9.47 Å². The highest BCUT2D eigenvalue weighted by Gasteiger charge is 2.25. The van der Waals surface area contributed by atoms with E-state index >= 15 is 0 Å². The summed E-state index contributed by atoms with van der Waals surface area (Å²) in [5, 5.41) is 0. The van der Waals surface area contributed by atoms with Crippen molar-refractivity contribution in [2.24, 2.45) is 0 Å². The quantitative estimate of drug-likeness (QED) is 0.251. The Balaban J connectivity index is 3.42. The van der Waals surface area contributed by atoms with E-state index in [0.29, 0.717) is 16.0 Å². The number of ether oxygens (including phenoxy) is 3. The lowest BCUT2D eigenvalue weighted by Gasteiger charge is -2.14. The summed E-state index contributed by atoms with van der Waals surface area (Å²) in [5.41, 5.74) is 0.136. The Kier molecular flexibility index (Phi) is 6.42. The maximum absolute atomic E-state index is 12.7. The lowest BCUT2D eigenvalue weighted by molar-refractivity contribution is -0.135. The number of carbonyl (C=O) groups is 2. The molecular weight excluding hydrogens is 354 g/mol. The van der Waals surface area contributed by atoms with Gasteiger partial charge in [0, 0.05) is 26.4 Å². The summed E-state index contributed by atoms with van der Waals surface area (Å²) in [4.78, 5) is 26.1. The van der Waals surface area contributed by atoms with E-state index in [1.54, 1.807) is 31.1 Å². The maximum atomic E-state index is 12.7. The van der Waals surface area contributed by atoms with Crippen LogP contribution < -0.4 is 9.47 Å². The second kappa shape index (κ2) is 7.84. The van der Waals surface area contributed by atoms with Crippen molar-refractivity contribution in [2.75, 3.05) is 35.4 Å². The molecule has 0 atom stereocenters. The number of nitrogens with zero attached hydrogens (tertiary/aromatic N) is 1. The van der Waals surface area contributed by atoms with Gasteiger partial charge in [-0.1, -0.05) is 0 Å². The maximum Gasteiger partial charge on any atom is 0.343 e. The van der Waals surface area contributed by atoms with Crippen molar-refractivity contribution in [1.29, 1.82) is 0 Å². The first-order valence-corrected chi connectivity index (χ1v) is 7.07. The number of carbonyl (C=O) groups excluding carboxylic acids is 2. The molecular formula is C15H18BrNO5. The molecule has 1 rings (SSSR count). The molecule has 120 valence electrons. The zero-order valence-corrected chi connectivity index (χ0v) is 14.7. The molecule has 0 radical (unpaired) electrons. The zero-order valence-electron chi connectivity index (χ0n) is 13.1. The molecule has 0 saturated heterocycles. The first kappa shape index (κ1) is 18.0. The van der Waals surface area contributed by atoms with Gasteiger partial charge in [-0.15, -0.1) is 0 Å². The molecule has 0 heterocycles. The minimum atomic E-state index is -0.715. The van der Waals surface area contributed by atoms with Crippen LogP contribution in [0.2, 0.25) is 0 Å². The van der Waals surface area contributed by atoms with Crippen LogP contribution in [0.3, 0.4) is 0 Å². The molecule has 0 amide bonds. The van der Waals surface area contributed by atoms with Gasteiger partial charge >= 0.3 is 5.97 Å². The molecule has 7 heteroatoms. The Labute approximate surface area is 137 Å². The van der Waals surface area contributed by atoms with Gasteiger partial charge in [-0.3, -0.25) is 4.79 Å². The number of methoxy groups -OCH3 is 3. The van der Waals surface area contributed by atoms with E-state index in [1.165, 1.54) is 27.5 Å². The topological polar surface area (TPSA) is 65.1 Å². The van der Waals surface area contributed by atoms with Crippen molar-refractivity contribution in [2.45, 2.75) is 0 Å². The SMILES string of the molecule is COC(=O)/C(=C/N(C)C)C(=O)c1cc(Br)c(OC)cc1OC. The van der Waals surface area contributed by atoms with Crippen LogP contribution in [-0.2, 0) is 9.53 Å². The van der Waals surface area contributed by atoms with Crippen molar-refractivity contribution in [3.63, 3.8) is 0 Å². The molecule has 1 aromatic carbocycles. The first-order chi connectivity index (χ1) is 10.3. The third-order valence-corrected chi connectivity index (χ3v) is 3.38. The molecule has 0 saturated carbocycles. The number of esters is 1. The van der Waals surface area contributed by atoms with E-state index in [0.717, 1.165) is 0 Å². The van der Waals surface area contributed by atoms with Crippen molar-refractivity contribution in [3.05, 3.63) is 33.9 Å². The van der Waals surface area contributed by atoms with E-state index in [-0.39, 0.29) is 11.1 Å². The van der Waals surface area contributed by atoms with Crippen LogP contribution in [-0.4, -0.2) is 52.1 Å². The summed E-state index contributed by atoms with van der Waals surface area (Å²) in [6.07, 6.45) is 1.41. The second-order valence-corrected chi connectivity index (χ2v) is 5.37. The molecule has 1 aromatic rings. The number of rotatable bonds is 6. The Bertz CT molecular complexity index is 610. The predicted molar refractivity (Wildman–Crippen MR) is 85.4 cm³/mol. The van der Waals surface area contributed by atoms with Gasteiger partial charge in [0.05, 0.1) is 31.4 Å². The van der Waals surface area contributed by atoms with Gasteiger partial charge < -0.3 is 19.1 Å². The summed E-state index contributed by atoms with van der Waals surface area (Å²) in [5.74, 6) is -0.392. The summed E-state index contributed by atoms with van der Waals surface area (Å²) < 4.78 is 15.6. The van der Waals surface area contributed by atoms with Crippen molar-refractivity contribution < 1.29 is 23.8 Å². The van der Waals surface area contributed by atoms with Gasteiger partial charge in [0.2, 0.25) is 5.78 Å². The fourth-order valence-electron chi connectivity index (χ4n) is 1.75. The van der Waals surface area contributed by atoms with Crippen LogP contribution in [0.4, 0.5) is 0 Å². The van der Waals surface area contributed by atoms with Crippen molar-refractivity contribution in [1.82, 2.24) is 4.90 Å². The van der Waals surface area contributed by atoms with Crippen molar-refractivity contribution >= 4 is 27.7 Å².